The molecule has 3 rings (SSSR count). The fraction of sp³-hybridized carbons (Fsp3) is 0.647. The van der Waals surface area contributed by atoms with Gasteiger partial charge in [-0.3, -0.25) is 0 Å². The molecule has 0 amide bonds. The van der Waals surface area contributed by atoms with E-state index >= 15 is 0 Å². The molecule has 1 aromatic rings. The van der Waals surface area contributed by atoms with Crippen LogP contribution in [0, 0.1) is 0 Å². The van der Waals surface area contributed by atoms with Crippen molar-refractivity contribution in [1.29, 1.82) is 0 Å². The molecule has 1 unspecified atom stereocenters. The van der Waals surface area contributed by atoms with Gasteiger partial charge in [-0.25, -0.2) is 0 Å². The lowest BCUT2D eigenvalue weighted by atomic mass is 9.84. The standard InChI is InChI=1S/C17H25NO2/c1-12(2)16-14(13-5-3-8-18-11-13)6-7-15-17(16)20-10-4-9-19-15/h6-7,12-13,18H,3-5,8-11H2,1-2H3. The van der Waals surface area contributed by atoms with Gasteiger partial charge in [-0.15, -0.1) is 0 Å². The number of fused-ring (bicyclic) bond motifs is 1. The highest BCUT2D eigenvalue weighted by Gasteiger charge is 2.25. The minimum absolute atomic E-state index is 0.462. The first kappa shape index (κ1) is 13.7. The number of hydrogen-bond donors (Lipinski definition) is 1. The molecule has 2 aliphatic heterocycles. The lowest BCUT2D eigenvalue weighted by Gasteiger charge is -2.28. The van der Waals surface area contributed by atoms with Crippen LogP contribution in [0.1, 0.15) is 56.1 Å². The molecule has 0 bridgehead atoms. The summed E-state index contributed by atoms with van der Waals surface area (Å²) in [5.74, 6) is 3.00. The Bertz CT molecular complexity index is 464. The molecule has 0 spiro atoms. The van der Waals surface area contributed by atoms with Gasteiger partial charge in [0.05, 0.1) is 13.2 Å². The maximum Gasteiger partial charge on any atom is 0.164 e. The first-order chi connectivity index (χ1) is 9.77. The summed E-state index contributed by atoms with van der Waals surface area (Å²) in [6.07, 6.45) is 3.50. The predicted octanol–water partition coefficient (Wildman–Crippen LogP) is 3.44. The van der Waals surface area contributed by atoms with Crippen molar-refractivity contribution < 1.29 is 9.47 Å². The van der Waals surface area contributed by atoms with Gasteiger partial charge in [-0.05, 0) is 42.9 Å². The summed E-state index contributed by atoms with van der Waals surface area (Å²) in [5.41, 5.74) is 2.81. The van der Waals surface area contributed by atoms with Crippen molar-refractivity contribution in [3.63, 3.8) is 0 Å². The van der Waals surface area contributed by atoms with Crippen LogP contribution in [0.15, 0.2) is 12.1 Å². The van der Waals surface area contributed by atoms with E-state index in [2.05, 4.69) is 31.3 Å². The van der Waals surface area contributed by atoms with E-state index in [1.165, 1.54) is 24.0 Å². The van der Waals surface area contributed by atoms with Crippen LogP contribution in [-0.4, -0.2) is 26.3 Å². The van der Waals surface area contributed by atoms with Gasteiger partial charge >= 0.3 is 0 Å². The predicted molar refractivity (Wildman–Crippen MR) is 81.0 cm³/mol. The molecular formula is C17H25NO2. The Morgan fingerprint density at radius 1 is 1.15 bits per heavy atom. The van der Waals surface area contributed by atoms with Crippen molar-refractivity contribution in [1.82, 2.24) is 5.32 Å². The van der Waals surface area contributed by atoms with Crippen molar-refractivity contribution in [2.45, 2.75) is 44.9 Å². The zero-order valence-electron chi connectivity index (χ0n) is 12.6. The lowest BCUT2D eigenvalue weighted by molar-refractivity contribution is 0.295. The Morgan fingerprint density at radius 2 is 2.00 bits per heavy atom. The molecule has 1 N–H and O–H groups in total. The Balaban J connectivity index is 2.02. The zero-order valence-corrected chi connectivity index (χ0v) is 12.6. The van der Waals surface area contributed by atoms with E-state index < -0.39 is 0 Å². The van der Waals surface area contributed by atoms with E-state index in [1.807, 2.05) is 0 Å². The van der Waals surface area contributed by atoms with Crippen molar-refractivity contribution in [2.24, 2.45) is 0 Å². The highest BCUT2D eigenvalue weighted by atomic mass is 16.5. The molecule has 20 heavy (non-hydrogen) atoms. The van der Waals surface area contributed by atoms with Crippen LogP contribution in [0.4, 0.5) is 0 Å². The molecule has 110 valence electrons. The van der Waals surface area contributed by atoms with Gasteiger partial charge in [-0.1, -0.05) is 19.9 Å². The SMILES string of the molecule is CC(C)c1c(C2CCCNC2)ccc2c1OCCCO2. The van der Waals surface area contributed by atoms with Crippen LogP contribution in [0.3, 0.4) is 0 Å². The summed E-state index contributed by atoms with van der Waals surface area (Å²) in [6.45, 7) is 8.26. The topological polar surface area (TPSA) is 30.5 Å². The highest BCUT2D eigenvalue weighted by molar-refractivity contribution is 5.53. The van der Waals surface area contributed by atoms with Gasteiger partial charge in [0.2, 0.25) is 0 Å². The quantitative estimate of drug-likeness (QED) is 0.897. The van der Waals surface area contributed by atoms with Gasteiger partial charge in [0.1, 0.15) is 0 Å². The number of rotatable bonds is 2. The average molecular weight is 275 g/mol. The molecule has 0 aromatic heterocycles. The second kappa shape index (κ2) is 6.04. The average Bonchev–Trinajstić information content (AvgIpc) is 2.72. The Hall–Kier alpha value is -1.22. The molecule has 1 aromatic carbocycles. The summed E-state index contributed by atoms with van der Waals surface area (Å²) < 4.78 is 11.9. The van der Waals surface area contributed by atoms with Gasteiger partial charge in [0, 0.05) is 18.5 Å². The molecule has 1 fully saturated rings. The lowest BCUT2D eigenvalue weighted by Crippen LogP contribution is -2.29. The highest BCUT2D eigenvalue weighted by Crippen LogP contribution is 2.43. The molecule has 1 saturated heterocycles. The molecule has 2 aliphatic rings. The molecule has 3 nitrogen and oxygen atoms in total. The summed E-state index contributed by atoms with van der Waals surface area (Å²) in [5, 5.41) is 3.52. The summed E-state index contributed by atoms with van der Waals surface area (Å²) in [4.78, 5) is 0. The summed E-state index contributed by atoms with van der Waals surface area (Å²) in [6, 6.07) is 4.37. The maximum absolute atomic E-state index is 6.03. The van der Waals surface area contributed by atoms with Crippen LogP contribution in [0.5, 0.6) is 11.5 Å². The van der Waals surface area contributed by atoms with E-state index in [0.717, 1.165) is 44.2 Å². The second-order valence-corrected chi connectivity index (χ2v) is 6.14. The fourth-order valence-corrected chi connectivity index (χ4v) is 3.34. The van der Waals surface area contributed by atoms with Crippen molar-refractivity contribution in [3.8, 4) is 11.5 Å². The molecule has 3 heteroatoms. The van der Waals surface area contributed by atoms with Crippen LogP contribution >= 0.6 is 0 Å². The number of ether oxygens (including phenoxy) is 2. The smallest absolute Gasteiger partial charge is 0.164 e. The van der Waals surface area contributed by atoms with Crippen molar-refractivity contribution >= 4 is 0 Å². The van der Waals surface area contributed by atoms with E-state index in [0.29, 0.717) is 11.8 Å². The molecule has 0 aliphatic carbocycles. The van der Waals surface area contributed by atoms with Crippen LogP contribution in [0.25, 0.3) is 0 Å². The van der Waals surface area contributed by atoms with E-state index in [-0.39, 0.29) is 0 Å². The van der Waals surface area contributed by atoms with Gasteiger partial charge in [-0.2, -0.15) is 0 Å². The largest absolute Gasteiger partial charge is 0.490 e. The monoisotopic (exact) mass is 275 g/mol. The van der Waals surface area contributed by atoms with Crippen molar-refractivity contribution in [3.05, 3.63) is 23.3 Å². The molecule has 0 saturated carbocycles. The minimum Gasteiger partial charge on any atom is -0.490 e. The Morgan fingerprint density at radius 3 is 2.75 bits per heavy atom. The van der Waals surface area contributed by atoms with Gasteiger partial charge < -0.3 is 14.8 Å². The second-order valence-electron chi connectivity index (χ2n) is 6.14. The third-order valence-corrected chi connectivity index (χ3v) is 4.30. The van der Waals surface area contributed by atoms with E-state index in [4.69, 9.17) is 9.47 Å². The number of hydrogen-bond acceptors (Lipinski definition) is 3. The van der Waals surface area contributed by atoms with Crippen molar-refractivity contribution in [2.75, 3.05) is 26.3 Å². The number of piperidine rings is 1. The minimum atomic E-state index is 0.462. The molecule has 1 atom stereocenters. The zero-order chi connectivity index (χ0) is 13.9. The molecular weight excluding hydrogens is 250 g/mol. The maximum atomic E-state index is 6.03. The first-order valence-electron chi connectivity index (χ1n) is 7.90. The van der Waals surface area contributed by atoms with Gasteiger partial charge in [0.25, 0.3) is 0 Å². The van der Waals surface area contributed by atoms with E-state index in [9.17, 15) is 0 Å². The Kier molecular flexibility index (Phi) is 4.16. The molecule has 2 heterocycles. The first-order valence-corrected chi connectivity index (χ1v) is 7.90. The van der Waals surface area contributed by atoms with Crippen LogP contribution < -0.4 is 14.8 Å². The summed E-state index contributed by atoms with van der Waals surface area (Å²) >= 11 is 0. The summed E-state index contributed by atoms with van der Waals surface area (Å²) in [7, 11) is 0. The Labute approximate surface area is 121 Å². The fourth-order valence-electron chi connectivity index (χ4n) is 3.34. The number of nitrogens with one attached hydrogen (secondary N) is 1. The van der Waals surface area contributed by atoms with Crippen LogP contribution in [-0.2, 0) is 0 Å². The van der Waals surface area contributed by atoms with Gasteiger partial charge in [0.15, 0.2) is 11.5 Å². The third-order valence-electron chi connectivity index (χ3n) is 4.30. The third kappa shape index (κ3) is 2.64. The van der Waals surface area contributed by atoms with Crippen LogP contribution in [0.2, 0.25) is 0 Å². The van der Waals surface area contributed by atoms with E-state index in [1.54, 1.807) is 0 Å². The normalized spacial score (nSPS) is 22.6. The molecule has 0 radical (unpaired) electrons. The number of benzene rings is 1.